The molecule has 3 atom stereocenters. The summed E-state index contributed by atoms with van der Waals surface area (Å²) in [7, 11) is 3.54. The molecule has 2 heterocycles. The van der Waals surface area contributed by atoms with Crippen LogP contribution in [0.25, 0.3) is 10.9 Å². The van der Waals surface area contributed by atoms with E-state index in [-0.39, 0.29) is 24.0 Å². The molecule has 1 unspecified atom stereocenters. The number of methoxy groups -OCH3 is 1. The van der Waals surface area contributed by atoms with Crippen molar-refractivity contribution in [3.8, 4) is 0 Å². The van der Waals surface area contributed by atoms with Gasteiger partial charge in [0.25, 0.3) is 0 Å². The van der Waals surface area contributed by atoms with Crippen LogP contribution < -0.4 is 5.32 Å². The van der Waals surface area contributed by atoms with Crippen molar-refractivity contribution in [1.29, 1.82) is 0 Å². The van der Waals surface area contributed by atoms with E-state index in [1.54, 1.807) is 0 Å². The van der Waals surface area contributed by atoms with Gasteiger partial charge in [-0.05, 0) is 57.0 Å². The Morgan fingerprint density at radius 1 is 1.31 bits per heavy atom. The summed E-state index contributed by atoms with van der Waals surface area (Å²) in [4.78, 5) is 32.3. The lowest BCUT2D eigenvalue weighted by Gasteiger charge is -2.46. The summed E-state index contributed by atoms with van der Waals surface area (Å²) < 4.78 is 4.97. The zero-order valence-corrected chi connectivity index (χ0v) is 17.6. The van der Waals surface area contributed by atoms with Crippen LogP contribution in [0.1, 0.15) is 47.7 Å². The molecule has 1 saturated heterocycles. The normalized spacial score (nSPS) is 23.5. The predicted molar refractivity (Wildman–Crippen MR) is 112 cm³/mol. The van der Waals surface area contributed by atoms with E-state index in [4.69, 9.17) is 4.74 Å². The number of fused-ring (bicyclic) bond motifs is 2. The van der Waals surface area contributed by atoms with Gasteiger partial charge in [0.05, 0.1) is 12.7 Å². The number of amides is 2. The van der Waals surface area contributed by atoms with Crippen LogP contribution in [0.4, 0.5) is 4.79 Å². The number of urea groups is 1. The van der Waals surface area contributed by atoms with E-state index < -0.39 is 0 Å². The molecule has 1 aliphatic carbocycles. The van der Waals surface area contributed by atoms with Crippen molar-refractivity contribution >= 4 is 22.9 Å². The molecule has 0 spiro atoms. The Bertz CT molecular complexity index is 934. The highest BCUT2D eigenvalue weighted by molar-refractivity contribution is 5.97. The summed E-state index contributed by atoms with van der Waals surface area (Å²) in [5.41, 5.74) is 4.03. The summed E-state index contributed by atoms with van der Waals surface area (Å²) in [6.45, 7) is 6.22. The number of benzene rings is 1. The van der Waals surface area contributed by atoms with Crippen LogP contribution in [-0.4, -0.2) is 72.7 Å². The maximum Gasteiger partial charge on any atom is 0.337 e. The Morgan fingerprint density at radius 2 is 2.07 bits per heavy atom. The zero-order chi connectivity index (χ0) is 20.7. The molecule has 0 radical (unpaired) electrons. The third-order valence-corrected chi connectivity index (χ3v) is 6.60. The lowest BCUT2D eigenvalue weighted by molar-refractivity contribution is 0.0600. The maximum atomic E-state index is 12.6. The number of carbonyl (C=O) groups is 2. The minimum atomic E-state index is -0.322. The van der Waals surface area contributed by atoms with Gasteiger partial charge in [0.1, 0.15) is 0 Å². The van der Waals surface area contributed by atoms with Crippen molar-refractivity contribution < 1.29 is 14.3 Å². The number of rotatable bonds is 4. The van der Waals surface area contributed by atoms with Crippen LogP contribution in [0.15, 0.2) is 18.3 Å². The molecule has 0 bridgehead atoms. The van der Waals surface area contributed by atoms with Crippen molar-refractivity contribution in [3.63, 3.8) is 0 Å². The van der Waals surface area contributed by atoms with E-state index in [1.165, 1.54) is 23.6 Å². The second-order valence-electron chi connectivity index (χ2n) is 8.17. The summed E-state index contributed by atoms with van der Waals surface area (Å²) in [6, 6.07) is 4.30. The second-order valence-corrected chi connectivity index (χ2v) is 8.17. The number of hydrogen-bond donors (Lipinski definition) is 2. The van der Waals surface area contributed by atoms with Gasteiger partial charge in [0.15, 0.2) is 0 Å². The third kappa shape index (κ3) is 3.37. The van der Waals surface area contributed by atoms with Crippen LogP contribution in [0.2, 0.25) is 0 Å². The molecule has 2 aromatic rings. The number of carbonyl (C=O) groups excluding carboxylic acids is 2. The minimum absolute atomic E-state index is 0.00143. The molecular formula is C22H30N4O3. The largest absolute Gasteiger partial charge is 0.465 e. The van der Waals surface area contributed by atoms with Crippen LogP contribution in [-0.2, 0) is 11.2 Å². The van der Waals surface area contributed by atoms with E-state index in [1.807, 2.05) is 30.9 Å². The first-order chi connectivity index (χ1) is 14.0. The standard InChI is InChI=1S/C22H30N4O3/c1-5-26(6-2)22(28)24-15-10-16-17-7-13(21(27)29-4)8-18-20(17)14(11-23-18)9-19(16)25(3)12-15/h7-8,11,15-16,19,23H,5-6,9-10,12H2,1-4H3,(H,24,28)/t15-,16?,19+/m0/s1. The molecule has 2 aliphatic rings. The van der Waals surface area contributed by atoms with Gasteiger partial charge in [0, 0.05) is 54.7 Å². The molecule has 1 fully saturated rings. The fraction of sp³-hybridized carbons (Fsp3) is 0.545. The number of aromatic nitrogens is 1. The molecular weight excluding hydrogens is 368 g/mol. The van der Waals surface area contributed by atoms with Crippen molar-refractivity contribution in [2.24, 2.45) is 0 Å². The predicted octanol–water partition coefficient (Wildman–Crippen LogP) is 2.72. The van der Waals surface area contributed by atoms with E-state index in [0.29, 0.717) is 24.7 Å². The van der Waals surface area contributed by atoms with Gasteiger partial charge >= 0.3 is 12.0 Å². The van der Waals surface area contributed by atoms with Crippen molar-refractivity contribution in [2.75, 3.05) is 33.8 Å². The lowest BCUT2D eigenvalue weighted by Crippen LogP contribution is -2.56. The van der Waals surface area contributed by atoms with Gasteiger partial charge in [-0.15, -0.1) is 0 Å². The third-order valence-electron chi connectivity index (χ3n) is 6.60. The molecule has 7 heteroatoms. The topological polar surface area (TPSA) is 77.7 Å². The van der Waals surface area contributed by atoms with Crippen molar-refractivity contribution in [3.05, 3.63) is 35.0 Å². The average molecular weight is 399 g/mol. The number of hydrogen-bond acceptors (Lipinski definition) is 4. The summed E-state index contributed by atoms with van der Waals surface area (Å²) >= 11 is 0. The van der Waals surface area contributed by atoms with E-state index >= 15 is 0 Å². The minimum Gasteiger partial charge on any atom is -0.465 e. The number of esters is 1. The quantitative estimate of drug-likeness (QED) is 0.777. The first-order valence-corrected chi connectivity index (χ1v) is 10.4. The number of likely N-dealkylation sites (tertiary alicyclic amines) is 1. The van der Waals surface area contributed by atoms with Crippen LogP contribution in [0.5, 0.6) is 0 Å². The first kappa shape index (κ1) is 19.8. The van der Waals surface area contributed by atoms with E-state index in [0.717, 1.165) is 24.9 Å². The van der Waals surface area contributed by atoms with Gasteiger partial charge in [-0.2, -0.15) is 0 Å². The van der Waals surface area contributed by atoms with E-state index in [2.05, 4.69) is 28.4 Å². The Balaban J connectivity index is 1.67. The SMILES string of the molecule is CCN(CC)C(=O)N[C@H]1CC2c3cc(C(=O)OC)cc4[nH]cc(c34)C[C@H]2N(C)C1. The summed E-state index contributed by atoms with van der Waals surface area (Å²) in [6.07, 6.45) is 3.91. The number of piperidine rings is 1. The molecule has 1 aromatic heterocycles. The van der Waals surface area contributed by atoms with Gasteiger partial charge < -0.3 is 24.8 Å². The fourth-order valence-electron chi connectivity index (χ4n) is 5.13. The summed E-state index contributed by atoms with van der Waals surface area (Å²) in [5, 5.41) is 4.45. The Kier molecular flexibility index (Phi) is 5.25. The first-order valence-electron chi connectivity index (χ1n) is 10.4. The highest BCUT2D eigenvalue weighted by Crippen LogP contribution is 2.43. The second kappa shape index (κ2) is 7.71. The highest BCUT2D eigenvalue weighted by atomic mass is 16.5. The van der Waals surface area contributed by atoms with Gasteiger partial charge in [-0.3, -0.25) is 0 Å². The van der Waals surface area contributed by atoms with E-state index in [9.17, 15) is 9.59 Å². The summed E-state index contributed by atoms with van der Waals surface area (Å²) in [5.74, 6) is -0.0665. The zero-order valence-electron chi connectivity index (χ0n) is 17.6. The molecule has 1 aliphatic heterocycles. The lowest BCUT2D eigenvalue weighted by atomic mass is 9.73. The van der Waals surface area contributed by atoms with Crippen LogP contribution in [0, 0.1) is 0 Å². The van der Waals surface area contributed by atoms with Crippen LogP contribution in [0.3, 0.4) is 0 Å². The molecule has 29 heavy (non-hydrogen) atoms. The van der Waals surface area contributed by atoms with Crippen molar-refractivity contribution in [1.82, 2.24) is 20.1 Å². The number of ether oxygens (including phenoxy) is 1. The molecule has 2 amide bonds. The van der Waals surface area contributed by atoms with Crippen LogP contribution >= 0.6 is 0 Å². The number of likely N-dealkylation sites (N-methyl/N-ethyl adjacent to an activating group) is 1. The smallest absolute Gasteiger partial charge is 0.337 e. The highest BCUT2D eigenvalue weighted by Gasteiger charge is 2.40. The Labute approximate surface area is 171 Å². The number of nitrogens with zero attached hydrogens (tertiary/aromatic N) is 2. The Morgan fingerprint density at radius 3 is 2.76 bits per heavy atom. The Hall–Kier alpha value is -2.54. The molecule has 0 saturated carbocycles. The maximum absolute atomic E-state index is 12.6. The molecule has 1 aromatic carbocycles. The van der Waals surface area contributed by atoms with Crippen molar-refractivity contribution in [2.45, 2.75) is 44.7 Å². The number of nitrogens with one attached hydrogen (secondary N) is 2. The molecule has 4 rings (SSSR count). The average Bonchev–Trinajstić information content (AvgIpc) is 3.12. The molecule has 2 N–H and O–H groups in total. The molecule has 156 valence electrons. The fourth-order valence-corrected chi connectivity index (χ4v) is 5.13. The number of H-pyrrole nitrogens is 1. The molecule has 7 nitrogen and oxygen atoms in total. The van der Waals surface area contributed by atoms with Gasteiger partial charge in [0.2, 0.25) is 0 Å². The monoisotopic (exact) mass is 398 g/mol. The number of aromatic amines is 1. The van der Waals surface area contributed by atoms with Gasteiger partial charge in [-0.25, -0.2) is 9.59 Å². The van der Waals surface area contributed by atoms with Gasteiger partial charge in [-0.1, -0.05) is 0 Å².